The third-order valence-electron chi connectivity index (χ3n) is 0.804. The zero-order chi connectivity index (χ0) is 8.04. The molecule has 0 bridgehead atoms. The van der Waals surface area contributed by atoms with Crippen molar-refractivity contribution < 1.29 is 13.2 Å². The van der Waals surface area contributed by atoms with Crippen molar-refractivity contribution in [3.05, 3.63) is 6.92 Å². The summed E-state index contributed by atoms with van der Waals surface area (Å²) in [4.78, 5) is 0. The number of alkyl halides is 3. The topological polar surface area (TPSA) is 0 Å². The number of unbranched alkanes of at least 4 members (excludes halogenated alkanes) is 1. The van der Waals surface area contributed by atoms with E-state index in [0.29, 0.717) is 12.2 Å². The molecule has 61 valence electrons. The van der Waals surface area contributed by atoms with E-state index in [9.17, 15) is 13.2 Å². The molecule has 0 unspecified atom stereocenters. The van der Waals surface area contributed by atoms with Crippen LogP contribution in [0.1, 0.15) is 12.8 Å². The minimum absolute atomic E-state index is 0.559. The molecule has 4 heteroatoms. The van der Waals surface area contributed by atoms with Gasteiger partial charge in [-0.25, -0.2) is 0 Å². The molecule has 0 saturated carbocycles. The van der Waals surface area contributed by atoms with Crippen LogP contribution in [0.25, 0.3) is 0 Å². The fourth-order valence-electron chi connectivity index (χ4n) is 0.392. The molecule has 0 rings (SSSR count). The van der Waals surface area contributed by atoms with Gasteiger partial charge < -0.3 is 0 Å². The molecule has 0 aromatic rings. The van der Waals surface area contributed by atoms with Crippen molar-refractivity contribution in [2.24, 2.45) is 0 Å². The van der Waals surface area contributed by atoms with Crippen LogP contribution in [-0.4, -0.2) is 17.7 Å². The average Bonchev–Trinajstić information content (AvgIpc) is 1.78. The average molecular weight is 171 g/mol. The van der Waals surface area contributed by atoms with E-state index >= 15 is 0 Å². The fraction of sp³-hybridized carbons (Fsp3) is 0.833. The number of rotatable bonds is 4. The molecule has 0 spiro atoms. The van der Waals surface area contributed by atoms with Crippen LogP contribution < -0.4 is 0 Å². The molecule has 0 aliphatic heterocycles. The monoisotopic (exact) mass is 171 g/mol. The van der Waals surface area contributed by atoms with E-state index in [0.717, 1.165) is 18.2 Å². The molecule has 0 heterocycles. The maximum absolute atomic E-state index is 11.4. The molecule has 0 saturated heterocycles. The summed E-state index contributed by atoms with van der Waals surface area (Å²) in [5.74, 6) is -0.171. The minimum atomic E-state index is -4.01. The SMILES string of the molecule is [CH2]CCCSCC(F)(F)F. The number of hydrogen-bond acceptors (Lipinski definition) is 1. The third kappa shape index (κ3) is 8.14. The first-order valence-corrected chi connectivity index (χ1v) is 4.15. The maximum atomic E-state index is 11.4. The second-order valence-corrected chi connectivity index (χ2v) is 2.98. The van der Waals surface area contributed by atoms with E-state index in [4.69, 9.17) is 0 Å². The Labute approximate surface area is 63.2 Å². The Hall–Kier alpha value is 0.140. The van der Waals surface area contributed by atoms with Crippen LogP contribution >= 0.6 is 11.8 Å². The zero-order valence-corrected chi connectivity index (χ0v) is 6.39. The van der Waals surface area contributed by atoms with Crippen molar-refractivity contribution in [2.45, 2.75) is 19.0 Å². The van der Waals surface area contributed by atoms with Gasteiger partial charge in [-0.1, -0.05) is 13.3 Å². The third-order valence-corrected chi connectivity index (χ3v) is 1.91. The molecule has 0 aliphatic carbocycles. The second-order valence-electron chi connectivity index (χ2n) is 1.87. The summed E-state index contributed by atoms with van der Waals surface area (Å²) in [6.07, 6.45) is -2.53. The number of thioether (sulfide) groups is 1. The Morgan fingerprint density at radius 3 is 2.30 bits per heavy atom. The summed E-state index contributed by atoms with van der Waals surface area (Å²) < 4.78 is 34.3. The predicted molar refractivity (Wildman–Crippen MR) is 38.0 cm³/mol. The molecule has 0 N–H and O–H groups in total. The first-order valence-electron chi connectivity index (χ1n) is 3.00. The Bertz CT molecular complexity index is 79.6. The van der Waals surface area contributed by atoms with E-state index in [-0.39, 0.29) is 0 Å². The van der Waals surface area contributed by atoms with Crippen LogP contribution in [-0.2, 0) is 0 Å². The molecule has 0 fully saturated rings. The van der Waals surface area contributed by atoms with Gasteiger partial charge in [0.25, 0.3) is 0 Å². The summed E-state index contributed by atoms with van der Waals surface area (Å²) >= 11 is 0.920. The van der Waals surface area contributed by atoms with Crippen LogP contribution in [0, 0.1) is 6.92 Å². The molecular weight excluding hydrogens is 161 g/mol. The van der Waals surface area contributed by atoms with E-state index in [1.165, 1.54) is 0 Å². The summed E-state index contributed by atoms with van der Waals surface area (Å²) in [5.41, 5.74) is 0. The molecule has 1 radical (unpaired) electrons. The van der Waals surface area contributed by atoms with Crippen LogP contribution in [0.5, 0.6) is 0 Å². The standard InChI is InChI=1S/C6H10F3S/c1-2-3-4-10-5-6(7,8)9/h1-5H2. The van der Waals surface area contributed by atoms with Gasteiger partial charge in [0, 0.05) is 0 Å². The molecule has 0 amide bonds. The van der Waals surface area contributed by atoms with Gasteiger partial charge in [-0.15, -0.1) is 0 Å². The lowest BCUT2D eigenvalue weighted by Crippen LogP contribution is -2.11. The molecule has 0 aromatic heterocycles. The number of halogens is 3. The summed E-state index contributed by atoms with van der Waals surface area (Å²) in [6.45, 7) is 3.53. The van der Waals surface area contributed by atoms with Crippen LogP contribution in [0.2, 0.25) is 0 Å². The lowest BCUT2D eigenvalue weighted by Gasteiger charge is -2.03. The second kappa shape index (κ2) is 4.88. The highest BCUT2D eigenvalue weighted by molar-refractivity contribution is 7.99. The highest BCUT2D eigenvalue weighted by Crippen LogP contribution is 2.21. The van der Waals surface area contributed by atoms with E-state index in [2.05, 4.69) is 6.92 Å². The maximum Gasteiger partial charge on any atom is 0.397 e. The lowest BCUT2D eigenvalue weighted by molar-refractivity contribution is -0.105. The summed E-state index contributed by atoms with van der Waals surface area (Å²) in [7, 11) is 0. The fourth-order valence-corrected chi connectivity index (χ4v) is 1.18. The highest BCUT2D eigenvalue weighted by Gasteiger charge is 2.26. The van der Waals surface area contributed by atoms with Gasteiger partial charge in [0.15, 0.2) is 0 Å². The summed E-state index contributed by atoms with van der Waals surface area (Å²) in [5, 5.41) is 0. The Morgan fingerprint density at radius 2 is 1.90 bits per heavy atom. The predicted octanol–water partition coefficient (Wildman–Crippen LogP) is 2.90. The van der Waals surface area contributed by atoms with Gasteiger partial charge in [0.1, 0.15) is 0 Å². The van der Waals surface area contributed by atoms with Gasteiger partial charge >= 0.3 is 6.18 Å². The van der Waals surface area contributed by atoms with Gasteiger partial charge in [-0.2, -0.15) is 24.9 Å². The van der Waals surface area contributed by atoms with Crippen LogP contribution in [0.4, 0.5) is 13.2 Å². The Morgan fingerprint density at radius 1 is 1.30 bits per heavy atom. The number of hydrogen-bond donors (Lipinski definition) is 0. The van der Waals surface area contributed by atoms with Crippen LogP contribution in [0.15, 0.2) is 0 Å². The van der Waals surface area contributed by atoms with E-state index in [1.807, 2.05) is 0 Å². The Balaban J connectivity index is 3.04. The van der Waals surface area contributed by atoms with Crippen molar-refractivity contribution in [2.75, 3.05) is 11.5 Å². The van der Waals surface area contributed by atoms with E-state index < -0.39 is 11.9 Å². The van der Waals surface area contributed by atoms with Crippen molar-refractivity contribution in [3.8, 4) is 0 Å². The quantitative estimate of drug-likeness (QED) is 0.586. The van der Waals surface area contributed by atoms with Crippen molar-refractivity contribution in [3.63, 3.8) is 0 Å². The first kappa shape index (κ1) is 10.1. The van der Waals surface area contributed by atoms with Gasteiger partial charge in [-0.05, 0) is 12.2 Å². The molecule has 0 nitrogen and oxygen atoms in total. The van der Waals surface area contributed by atoms with Crippen molar-refractivity contribution in [1.29, 1.82) is 0 Å². The van der Waals surface area contributed by atoms with Crippen molar-refractivity contribution >= 4 is 11.8 Å². The lowest BCUT2D eigenvalue weighted by atomic mass is 10.4. The van der Waals surface area contributed by atoms with Gasteiger partial charge in [-0.3, -0.25) is 0 Å². The molecule has 0 aromatic carbocycles. The largest absolute Gasteiger partial charge is 0.397 e. The Kier molecular flexibility index (Phi) is 4.95. The highest BCUT2D eigenvalue weighted by atomic mass is 32.2. The van der Waals surface area contributed by atoms with Gasteiger partial charge in [0.05, 0.1) is 5.75 Å². The van der Waals surface area contributed by atoms with Crippen LogP contribution in [0.3, 0.4) is 0 Å². The smallest absolute Gasteiger partial charge is 0.170 e. The first-order chi connectivity index (χ1) is 4.56. The molecule has 0 atom stereocenters. The van der Waals surface area contributed by atoms with Gasteiger partial charge in [0.2, 0.25) is 0 Å². The summed E-state index contributed by atoms with van der Waals surface area (Å²) in [6, 6.07) is 0. The molecule has 0 aliphatic rings. The normalized spacial score (nSPS) is 12.0. The molecular formula is C6H10F3S. The molecule has 10 heavy (non-hydrogen) atoms. The van der Waals surface area contributed by atoms with E-state index in [1.54, 1.807) is 0 Å². The minimum Gasteiger partial charge on any atom is -0.170 e. The van der Waals surface area contributed by atoms with Crippen molar-refractivity contribution in [1.82, 2.24) is 0 Å². The zero-order valence-electron chi connectivity index (χ0n) is 5.58.